The first-order valence-electron chi connectivity index (χ1n) is 8.78. The van der Waals surface area contributed by atoms with Crippen molar-refractivity contribution in [2.24, 2.45) is 0 Å². The highest BCUT2D eigenvalue weighted by Gasteiger charge is 2.15. The van der Waals surface area contributed by atoms with Crippen LogP contribution in [0.25, 0.3) is 22.3 Å². The normalized spacial score (nSPS) is 10.8. The molecule has 0 radical (unpaired) electrons. The number of rotatable bonds is 5. The highest BCUT2D eigenvalue weighted by Crippen LogP contribution is 2.34. The fraction of sp³-hybridized carbons (Fsp3) is 0.0435. The van der Waals surface area contributed by atoms with Gasteiger partial charge in [-0.1, -0.05) is 41.9 Å². The summed E-state index contributed by atoms with van der Waals surface area (Å²) in [5.41, 5.74) is 2.18. The molecule has 0 aliphatic carbocycles. The van der Waals surface area contributed by atoms with Crippen LogP contribution < -0.4 is 4.74 Å². The topological polar surface area (TPSA) is 55.2 Å². The van der Waals surface area contributed by atoms with E-state index in [1.165, 1.54) is 0 Å². The van der Waals surface area contributed by atoms with Gasteiger partial charge in [0.15, 0.2) is 5.82 Å². The summed E-state index contributed by atoms with van der Waals surface area (Å²) in [6.45, 7) is 3.80. The average molecular weight is 389 g/mol. The third-order valence-electron chi connectivity index (χ3n) is 4.31. The Kier molecular flexibility index (Phi) is 4.96. The minimum absolute atomic E-state index is 0.113. The summed E-state index contributed by atoms with van der Waals surface area (Å²) >= 11 is 6.13. The second-order valence-corrected chi connectivity index (χ2v) is 6.67. The molecule has 0 aliphatic heterocycles. The van der Waals surface area contributed by atoms with Crippen LogP contribution in [0.15, 0.2) is 79.4 Å². The van der Waals surface area contributed by atoms with Crippen molar-refractivity contribution >= 4 is 22.5 Å². The summed E-state index contributed by atoms with van der Waals surface area (Å²) in [6.07, 6.45) is 2.41. The van der Waals surface area contributed by atoms with Gasteiger partial charge in [0.1, 0.15) is 11.5 Å². The molecule has 3 aromatic carbocycles. The third kappa shape index (κ3) is 3.55. The molecule has 0 atom stereocenters. The Morgan fingerprint density at radius 1 is 1.00 bits per heavy atom. The van der Waals surface area contributed by atoms with E-state index in [1.54, 1.807) is 30.3 Å². The van der Waals surface area contributed by atoms with Crippen molar-refractivity contribution in [1.82, 2.24) is 9.97 Å². The minimum atomic E-state index is 0.113. The van der Waals surface area contributed by atoms with Gasteiger partial charge in [0.2, 0.25) is 5.88 Å². The maximum Gasteiger partial charge on any atom is 0.230 e. The monoisotopic (exact) mass is 388 g/mol. The molecule has 1 heterocycles. The summed E-state index contributed by atoms with van der Waals surface area (Å²) in [5, 5.41) is 11.6. The number of fused-ring (bicyclic) bond motifs is 1. The fourth-order valence-corrected chi connectivity index (χ4v) is 3.17. The number of para-hydroxylation sites is 2. The molecule has 4 nitrogen and oxygen atoms in total. The molecule has 28 heavy (non-hydrogen) atoms. The maximum atomic E-state index is 10.2. The number of ether oxygens (including phenoxy) is 1. The number of hydrogen-bond donors (Lipinski definition) is 1. The van der Waals surface area contributed by atoms with Crippen molar-refractivity contribution in [3.05, 3.63) is 90.0 Å². The van der Waals surface area contributed by atoms with E-state index in [2.05, 4.69) is 16.5 Å². The predicted octanol–water partition coefficient (Wildman–Crippen LogP) is 6.18. The van der Waals surface area contributed by atoms with Crippen LogP contribution in [0, 0.1) is 0 Å². The number of aromatic nitrogens is 2. The molecule has 0 fully saturated rings. The van der Waals surface area contributed by atoms with Crippen LogP contribution in [0.5, 0.6) is 17.4 Å². The van der Waals surface area contributed by atoms with Gasteiger partial charge in [-0.2, -0.15) is 4.98 Å². The Bertz CT molecular complexity index is 1170. The van der Waals surface area contributed by atoms with Crippen molar-refractivity contribution in [1.29, 1.82) is 0 Å². The molecule has 1 N–H and O–H groups in total. The van der Waals surface area contributed by atoms with Crippen LogP contribution in [-0.4, -0.2) is 15.1 Å². The average Bonchev–Trinajstić information content (AvgIpc) is 2.70. The Balaban J connectivity index is 1.87. The SMILES string of the molecule is C=CCc1cc(Cl)ccc1Oc1nc(-c2ccccc2O)nc2ccccc12. The first-order valence-corrected chi connectivity index (χ1v) is 9.16. The minimum Gasteiger partial charge on any atom is -0.507 e. The Morgan fingerprint density at radius 3 is 2.61 bits per heavy atom. The van der Waals surface area contributed by atoms with E-state index in [-0.39, 0.29) is 5.75 Å². The maximum absolute atomic E-state index is 10.2. The first-order chi connectivity index (χ1) is 13.7. The van der Waals surface area contributed by atoms with Gasteiger partial charge < -0.3 is 9.84 Å². The second kappa shape index (κ2) is 7.71. The zero-order valence-electron chi connectivity index (χ0n) is 15.0. The number of phenols is 1. The van der Waals surface area contributed by atoms with Crippen LogP contribution in [0.2, 0.25) is 5.02 Å². The van der Waals surface area contributed by atoms with Crippen LogP contribution in [0.3, 0.4) is 0 Å². The molecular weight excluding hydrogens is 372 g/mol. The molecule has 4 rings (SSSR count). The molecule has 0 bridgehead atoms. The summed E-state index contributed by atoms with van der Waals surface area (Å²) < 4.78 is 6.19. The zero-order chi connectivity index (χ0) is 19.5. The van der Waals surface area contributed by atoms with Crippen LogP contribution in [0.1, 0.15) is 5.56 Å². The number of aromatic hydroxyl groups is 1. The van der Waals surface area contributed by atoms with E-state index < -0.39 is 0 Å². The smallest absolute Gasteiger partial charge is 0.230 e. The van der Waals surface area contributed by atoms with Gasteiger partial charge in [0.25, 0.3) is 0 Å². The lowest BCUT2D eigenvalue weighted by atomic mass is 10.1. The molecule has 1 aromatic heterocycles. The van der Waals surface area contributed by atoms with Crippen molar-refractivity contribution < 1.29 is 9.84 Å². The van der Waals surface area contributed by atoms with E-state index in [0.29, 0.717) is 34.5 Å². The van der Waals surface area contributed by atoms with Crippen LogP contribution >= 0.6 is 11.6 Å². The van der Waals surface area contributed by atoms with Gasteiger partial charge in [-0.15, -0.1) is 6.58 Å². The van der Waals surface area contributed by atoms with Crippen molar-refractivity contribution in [2.45, 2.75) is 6.42 Å². The van der Waals surface area contributed by atoms with Gasteiger partial charge in [-0.05, 0) is 48.9 Å². The highest BCUT2D eigenvalue weighted by atomic mass is 35.5. The fourth-order valence-electron chi connectivity index (χ4n) is 2.98. The lowest BCUT2D eigenvalue weighted by Crippen LogP contribution is -1.98. The number of nitrogens with zero attached hydrogens (tertiary/aromatic N) is 2. The van der Waals surface area contributed by atoms with Crippen molar-refractivity contribution in [3.8, 4) is 28.8 Å². The Labute approximate surface area is 167 Å². The van der Waals surface area contributed by atoms with Gasteiger partial charge in [0, 0.05) is 10.6 Å². The summed E-state index contributed by atoms with van der Waals surface area (Å²) in [6, 6.07) is 20.0. The van der Waals surface area contributed by atoms with Crippen LogP contribution in [0.4, 0.5) is 0 Å². The summed E-state index contributed by atoms with van der Waals surface area (Å²) in [7, 11) is 0. The van der Waals surface area contributed by atoms with Gasteiger partial charge in [-0.3, -0.25) is 0 Å². The van der Waals surface area contributed by atoms with Gasteiger partial charge in [-0.25, -0.2) is 4.98 Å². The summed E-state index contributed by atoms with van der Waals surface area (Å²) in [4.78, 5) is 9.19. The molecule has 0 aliphatic rings. The number of hydrogen-bond acceptors (Lipinski definition) is 4. The molecule has 5 heteroatoms. The van der Waals surface area contributed by atoms with E-state index in [9.17, 15) is 5.11 Å². The first kappa shape index (κ1) is 18.0. The molecular formula is C23H17ClN2O2. The molecule has 0 saturated heterocycles. The molecule has 0 spiro atoms. The zero-order valence-corrected chi connectivity index (χ0v) is 15.7. The number of phenolic OH excluding ortho intramolecular Hbond substituents is 1. The standard InChI is InChI=1S/C23H17ClN2O2/c1-2-7-15-14-16(24)12-13-21(15)28-23-17-8-3-5-10-19(17)25-22(26-23)18-9-4-6-11-20(18)27/h2-6,8-14,27H,1,7H2. The van der Waals surface area contributed by atoms with Crippen LogP contribution in [-0.2, 0) is 6.42 Å². The second-order valence-electron chi connectivity index (χ2n) is 6.23. The lowest BCUT2D eigenvalue weighted by Gasteiger charge is -2.13. The molecule has 4 aromatic rings. The summed E-state index contributed by atoms with van der Waals surface area (Å²) in [5.74, 6) is 1.57. The molecule has 0 amide bonds. The quantitative estimate of drug-likeness (QED) is 0.415. The van der Waals surface area contributed by atoms with Gasteiger partial charge in [0.05, 0.1) is 16.5 Å². The van der Waals surface area contributed by atoms with E-state index >= 15 is 0 Å². The third-order valence-corrected chi connectivity index (χ3v) is 4.54. The molecule has 0 saturated carbocycles. The number of halogens is 1. The largest absolute Gasteiger partial charge is 0.507 e. The van der Waals surface area contributed by atoms with Gasteiger partial charge >= 0.3 is 0 Å². The Morgan fingerprint density at radius 2 is 1.79 bits per heavy atom. The van der Waals surface area contributed by atoms with E-state index in [0.717, 1.165) is 16.5 Å². The van der Waals surface area contributed by atoms with Crippen molar-refractivity contribution in [2.75, 3.05) is 0 Å². The number of benzene rings is 3. The van der Waals surface area contributed by atoms with E-state index in [1.807, 2.05) is 42.5 Å². The molecule has 0 unspecified atom stereocenters. The highest BCUT2D eigenvalue weighted by molar-refractivity contribution is 6.30. The molecule has 138 valence electrons. The van der Waals surface area contributed by atoms with E-state index in [4.69, 9.17) is 16.3 Å². The number of allylic oxidation sites excluding steroid dienone is 1. The predicted molar refractivity (Wildman–Crippen MR) is 112 cm³/mol. The lowest BCUT2D eigenvalue weighted by molar-refractivity contribution is 0.463. The Hall–Kier alpha value is -3.37. The van der Waals surface area contributed by atoms with Crippen molar-refractivity contribution in [3.63, 3.8) is 0 Å².